The van der Waals surface area contributed by atoms with E-state index in [-0.39, 0.29) is 24.3 Å². The zero-order valence-corrected chi connectivity index (χ0v) is 14.4. The van der Waals surface area contributed by atoms with Crippen molar-refractivity contribution in [3.63, 3.8) is 0 Å². The van der Waals surface area contributed by atoms with E-state index in [2.05, 4.69) is 0 Å². The molecule has 2 aromatic carbocycles. The molecule has 0 N–H and O–H groups in total. The van der Waals surface area contributed by atoms with E-state index in [1.165, 1.54) is 6.92 Å². The molecule has 0 unspecified atom stereocenters. The van der Waals surface area contributed by atoms with Gasteiger partial charge in [0.15, 0.2) is 5.78 Å². The summed E-state index contributed by atoms with van der Waals surface area (Å²) in [6.45, 7) is 0.691. The predicted octanol–water partition coefficient (Wildman–Crippen LogP) is 5.56. The van der Waals surface area contributed by atoms with Gasteiger partial charge in [-0.15, -0.1) is 0 Å². The fourth-order valence-electron chi connectivity index (χ4n) is 3.20. The molecule has 27 heavy (non-hydrogen) atoms. The number of Topliss-reactive ketones (excluding diaryl/α,β-unsaturated/α-hetero) is 1. The molecule has 7 heteroatoms. The summed E-state index contributed by atoms with van der Waals surface area (Å²) in [5.41, 5.74) is 0.399. The van der Waals surface area contributed by atoms with Crippen LogP contribution in [-0.4, -0.2) is 17.0 Å². The largest absolute Gasteiger partial charge is 0.416 e. The van der Waals surface area contributed by atoms with Crippen LogP contribution in [0.3, 0.4) is 0 Å². The van der Waals surface area contributed by atoms with Crippen molar-refractivity contribution >= 4 is 16.7 Å². The lowest BCUT2D eigenvalue weighted by Gasteiger charge is -2.14. The molecule has 2 nitrogen and oxygen atoms in total. The second-order valence-electron chi connectivity index (χ2n) is 6.28. The first-order chi connectivity index (χ1) is 12.7. The molecule has 0 amide bonds. The van der Waals surface area contributed by atoms with Gasteiger partial charge in [0.25, 0.3) is 0 Å². The van der Waals surface area contributed by atoms with Crippen molar-refractivity contribution < 1.29 is 26.7 Å². The summed E-state index contributed by atoms with van der Waals surface area (Å²) < 4.78 is 67.7. The number of carbonyl (C=O) groups is 1. The van der Waals surface area contributed by atoms with E-state index < -0.39 is 24.2 Å². The van der Waals surface area contributed by atoms with Gasteiger partial charge in [0.1, 0.15) is 12.5 Å². The van der Waals surface area contributed by atoms with Gasteiger partial charge in [-0.25, -0.2) is 8.78 Å². The molecule has 1 heterocycles. The van der Waals surface area contributed by atoms with Crippen LogP contribution in [0, 0.1) is 5.82 Å². The van der Waals surface area contributed by atoms with Crippen LogP contribution in [0.4, 0.5) is 22.0 Å². The van der Waals surface area contributed by atoms with Crippen LogP contribution in [0.2, 0.25) is 0 Å². The number of alkyl halides is 4. The topological polar surface area (TPSA) is 22.0 Å². The summed E-state index contributed by atoms with van der Waals surface area (Å²) in [5.74, 6) is -1.11. The van der Waals surface area contributed by atoms with Crippen molar-refractivity contribution in [3.8, 4) is 0 Å². The molecule has 0 spiro atoms. The van der Waals surface area contributed by atoms with E-state index in [0.29, 0.717) is 28.2 Å². The Kier molecular flexibility index (Phi) is 5.04. The number of aryl methyl sites for hydroxylation is 1. The van der Waals surface area contributed by atoms with Crippen LogP contribution >= 0.6 is 0 Å². The molecule has 0 saturated carbocycles. The van der Waals surface area contributed by atoms with Crippen molar-refractivity contribution in [3.05, 3.63) is 70.7 Å². The van der Waals surface area contributed by atoms with Crippen molar-refractivity contribution in [1.82, 2.24) is 4.57 Å². The fourth-order valence-corrected chi connectivity index (χ4v) is 3.20. The van der Waals surface area contributed by atoms with Crippen LogP contribution in [0.1, 0.15) is 34.1 Å². The quantitative estimate of drug-likeness (QED) is 0.419. The Labute approximate surface area is 152 Å². The number of rotatable bonds is 5. The molecule has 1 aromatic heterocycles. The number of benzene rings is 2. The minimum atomic E-state index is -4.70. The third-order valence-corrected chi connectivity index (χ3v) is 4.45. The van der Waals surface area contributed by atoms with Gasteiger partial charge in [-0.3, -0.25) is 4.79 Å². The number of aromatic nitrogens is 1. The lowest BCUT2D eigenvalue weighted by molar-refractivity contribution is -0.138. The predicted molar refractivity (Wildman–Crippen MR) is 92.1 cm³/mol. The number of fused-ring (bicyclic) bond motifs is 1. The molecule has 0 radical (unpaired) electrons. The van der Waals surface area contributed by atoms with Gasteiger partial charge in [-0.05, 0) is 48.9 Å². The molecular formula is C20H16F5NO. The van der Waals surface area contributed by atoms with E-state index in [4.69, 9.17) is 0 Å². The Morgan fingerprint density at radius 2 is 1.81 bits per heavy atom. The van der Waals surface area contributed by atoms with Crippen LogP contribution in [-0.2, 0) is 19.1 Å². The first kappa shape index (κ1) is 19.1. The summed E-state index contributed by atoms with van der Waals surface area (Å²) >= 11 is 0. The van der Waals surface area contributed by atoms with Gasteiger partial charge in [0.05, 0.1) is 12.1 Å². The maximum Gasteiger partial charge on any atom is 0.416 e. The molecule has 142 valence electrons. The summed E-state index contributed by atoms with van der Waals surface area (Å²) in [4.78, 5) is 11.6. The van der Waals surface area contributed by atoms with E-state index in [1.807, 2.05) is 0 Å². The highest BCUT2D eigenvalue weighted by atomic mass is 19.4. The maximum atomic E-state index is 13.3. The summed E-state index contributed by atoms with van der Waals surface area (Å²) in [7, 11) is 0. The monoisotopic (exact) mass is 381 g/mol. The number of hydrogen-bond acceptors (Lipinski definition) is 1. The average Bonchev–Trinajstić information content (AvgIpc) is 2.92. The van der Waals surface area contributed by atoms with Crippen LogP contribution in [0.5, 0.6) is 0 Å². The molecule has 3 aromatic rings. The van der Waals surface area contributed by atoms with E-state index in [1.54, 1.807) is 28.8 Å². The average molecular weight is 381 g/mol. The smallest absolute Gasteiger partial charge is 0.342 e. The molecule has 0 aliphatic carbocycles. The minimum Gasteiger partial charge on any atom is -0.342 e. The Bertz CT molecular complexity index is 1000. The second kappa shape index (κ2) is 7.13. The van der Waals surface area contributed by atoms with Crippen LogP contribution < -0.4 is 0 Å². The number of carbonyl (C=O) groups excluding carboxylic acids is 1. The Morgan fingerprint density at radius 3 is 2.44 bits per heavy atom. The van der Waals surface area contributed by atoms with Crippen LogP contribution in [0.15, 0.2) is 42.5 Å². The van der Waals surface area contributed by atoms with Gasteiger partial charge in [-0.1, -0.05) is 6.07 Å². The van der Waals surface area contributed by atoms with Gasteiger partial charge in [0, 0.05) is 28.6 Å². The lowest BCUT2D eigenvalue weighted by atomic mass is 10.0. The zero-order chi connectivity index (χ0) is 19.8. The summed E-state index contributed by atoms with van der Waals surface area (Å²) in [5, 5.41) is 0.641. The number of hydrogen-bond donors (Lipinski definition) is 0. The molecule has 0 aliphatic heterocycles. The number of nitrogens with zero attached hydrogens (tertiary/aromatic N) is 1. The third kappa shape index (κ3) is 3.86. The number of ketones is 1. The van der Waals surface area contributed by atoms with E-state index >= 15 is 0 Å². The SMILES string of the molecule is CC(=O)c1ccc2c(c1)cc(Cc1ccc(F)cc1C(F)(F)F)n2CCF. The fraction of sp³-hybridized carbons (Fsp3) is 0.250. The Balaban J connectivity index is 2.12. The molecule has 0 bridgehead atoms. The summed E-state index contributed by atoms with van der Waals surface area (Å²) in [6, 6.07) is 9.05. The maximum absolute atomic E-state index is 13.3. The third-order valence-electron chi connectivity index (χ3n) is 4.45. The molecule has 0 fully saturated rings. The molecule has 0 aliphatic rings. The Morgan fingerprint density at radius 1 is 1.07 bits per heavy atom. The van der Waals surface area contributed by atoms with Crippen molar-refractivity contribution in [2.75, 3.05) is 6.67 Å². The lowest BCUT2D eigenvalue weighted by Crippen LogP contribution is -2.12. The molecular weight excluding hydrogens is 365 g/mol. The molecule has 3 rings (SSSR count). The van der Waals surface area contributed by atoms with Gasteiger partial charge in [0.2, 0.25) is 0 Å². The standard InChI is InChI=1S/C20H16F5NO/c1-12(27)13-3-5-19-15(8-13)10-17(26(19)7-6-21)9-14-2-4-16(22)11-18(14)20(23,24)25/h2-5,8,10-11H,6-7,9H2,1H3. The van der Waals surface area contributed by atoms with Crippen molar-refractivity contribution in [1.29, 1.82) is 0 Å². The normalized spacial score (nSPS) is 11.9. The summed E-state index contributed by atoms with van der Waals surface area (Å²) in [6.07, 6.45) is -4.84. The first-order valence-corrected chi connectivity index (χ1v) is 8.25. The van der Waals surface area contributed by atoms with Gasteiger partial charge in [-0.2, -0.15) is 13.2 Å². The molecule has 0 saturated heterocycles. The highest BCUT2D eigenvalue weighted by Gasteiger charge is 2.34. The highest BCUT2D eigenvalue weighted by molar-refractivity contribution is 5.98. The Hall–Kier alpha value is -2.70. The van der Waals surface area contributed by atoms with Crippen molar-refractivity contribution in [2.24, 2.45) is 0 Å². The number of halogens is 5. The minimum absolute atomic E-state index is 0.0270. The van der Waals surface area contributed by atoms with E-state index in [0.717, 1.165) is 12.1 Å². The second-order valence-corrected chi connectivity index (χ2v) is 6.28. The van der Waals surface area contributed by atoms with Gasteiger partial charge < -0.3 is 4.57 Å². The molecule has 0 atom stereocenters. The first-order valence-electron chi connectivity index (χ1n) is 8.25. The van der Waals surface area contributed by atoms with E-state index in [9.17, 15) is 26.7 Å². The van der Waals surface area contributed by atoms with Crippen LogP contribution in [0.25, 0.3) is 10.9 Å². The van der Waals surface area contributed by atoms with Gasteiger partial charge >= 0.3 is 6.18 Å². The highest BCUT2D eigenvalue weighted by Crippen LogP contribution is 2.34. The van der Waals surface area contributed by atoms with Crippen molar-refractivity contribution in [2.45, 2.75) is 26.1 Å². The zero-order valence-electron chi connectivity index (χ0n) is 14.4.